The van der Waals surface area contributed by atoms with Crippen molar-refractivity contribution in [2.24, 2.45) is 0 Å². The van der Waals surface area contributed by atoms with Crippen molar-refractivity contribution in [3.05, 3.63) is 29.1 Å². The largest absolute Gasteiger partial charge is 0.344 e. The molecule has 0 aliphatic heterocycles. The zero-order chi connectivity index (χ0) is 10.7. The molecule has 1 unspecified atom stereocenters. The molecule has 0 aromatic carbocycles. The summed E-state index contributed by atoms with van der Waals surface area (Å²) in [5, 5.41) is 6.76. The minimum absolute atomic E-state index is 0.0927. The summed E-state index contributed by atoms with van der Waals surface area (Å²) in [6.07, 6.45) is 4.62. The average Bonchev–Trinajstić information content (AvgIpc) is 2.74. The Morgan fingerprint density at radius 1 is 1.33 bits per heavy atom. The first-order chi connectivity index (χ1) is 7.25. The third-order valence-electron chi connectivity index (χ3n) is 1.73. The lowest BCUT2D eigenvalue weighted by Gasteiger charge is -2.08. The monoisotopic (exact) mass is 269 g/mol. The van der Waals surface area contributed by atoms with Crippen LogP contribution < -0.4 is 5.32 Å². The molecule has 0 amide bonds. The van der Waals surface area contributed by atoms with Gasteiger partial charge in [-0.15, -0.1) is 0 Å². The Kier molecular flexibility index (Phi) is 2.91. The Bertz CT molecular complexity index is 415. The fourth-order valence-electron chi connectivity index (χ4n) is 1.01. The fourth-order valence-corrected chi connectivity index (χ4v) is 1.22. The van der Waals surface area contributed by atoms with Crippen LogP contribution in [0.2, 0.25) is 0 Å². The number of halogens is 1. The van der Waals surface area contributed by atoms with Gasteiger partial charge in [-0.3, -0.25) is 0 Å². The molecule has 0 aliphatic rings. The van der Waals surface area contributed by atoms with E-state index in [9.17, 15) is 0 Å². The lowest BCUT2D eigenvalue weighted by atomic mass is 10.3. The predicted molar refractivity (Wildman–Crippen MR) is 56.1 cm³/mol. The molecule has 0 saturated carbocycles. The standard InChI is InChI=1S/C8H8BrN5O/c1-5(7-12-4-15-14-7)13-8-10-2-6(9)3-11-8/h2-5H,1H3,(H,10,11,13). The van der Waals surface area contributed by atoms with Crippen LogP contribution in [0.5, 0.6) is 0 Å². The van der Waals surface area contributed by atoms with E-state index in [0.717, 1.165) is 4.47 Å². The highest BCUT2D eigenvalue weighted by Crippen LogP contribution is 2.13. The van der Waals surface area contributed by atoms with Crippen molar-refractivity contribution in [2.45, 2.75) is 13.0 Å². The zero-order valence-electron chi connectivity index (χ0n) is 7.88. The normalized spacial score (nSPS) is 12.4. The molecule has 2 aromatic rings. The summed E-state index contributed by atoms with van der Waals surface area (Å²) in [7, 11) is 0. The number of nitrogens with one attached hydrogen (secondary N) is 1. The summed E-state index contributed by atoms with van der Waals surface area (Å²) in [6.45, 7) is 1.90. The molecule has 2 aromatic heterocycles. The van der Waals surface area contributed by atoms with Crippen molar-refractivity contribution >= 4 is 21.9 Å². The molecule has 78 valence electrons. The highest BCUT2D eigenvalue weighted by Gasteiger charge is 2.10. The quantitative estimate of drug-likeness (QED) is 0.916. The Morgan fingerprint density at radius 2 is 2.07 bits per heavy atom. The molecule has 1 atom stereocenters. The number of anilines is 1. The second kappa shape index (κ2) is 4.35. The molecular weight excluding hydrogens is 262 g/mol. The fraction of sp³-hybridized carbons (Fsp3) is 0.250. The van der Waals surface area contributed by atoms with Crippen LogP contribution in [-0.2, 0) is 0 Å². The van der Waals surface area contributed by atoms with E-state index in [4.69, 9.17) is 0 Å². The number of rotatable bonds is 3. The Balaban J connectivity index is 2.06. The number of hydrogen-bond acceptors (Lipinski definition) is 6. The second-order valence-electron chi connectivity index (χ2n) is 2.88. The molecule has 0 bridgehead atoms. The van der Waals surface area contributed by atoms with E-state index in [1.807, 2.05) is 6.92 Å². The van der Waals surface area contributed by atoms with Crippen molar-refractivity contribution in [1.29, 1.82) is 0 Å². The zero-order valence-corrected chi connectivity index (χ0v) is 9.47. The topological polar surface area (TPSA) is 76.7 Å². The molecule has 0 saturated heterocycles. The molecule has 0 fully saturated rings. The van der Waals surface area contributed by atoms with Gasteiger partial charge in [-0.25, -0.2) is 9.97 Å². The maximum atomic E-state index is 4.64. The molecule has 1 N–H and O–H groups in total. The van der Waals surface area contributed by atoms with E-state index < -0.39 is 0 Å². The molecule has 6 nitrogen and oxygen atoms in total. The van der Waals surface area contributed by atoms with Crippen LogP contribution in [0.25, 0.3) is 0 Å². The molecule has 0 radical (unpaired) electrons. The van der Waals surface area contributed by atoms with E-state index in [0.29, 0.717) is 11.8 Å². The highest BCUT2D eigenvalue weighted by atomic mass is 79.9. The van der Waals surface area contributed by atoms with Gasteiger partial charge < -0.3 is 9.84 Å². The molecular formula is C8H8BrN5O. The van der Waals surface area contributed by atoms with Gasteiger partial charge >= 0.3 is 0 Å². The van der Waals surface area contributed by atoms with Crippen LogP contribution in [0.4, 0.5) is 5.95 Å². The first-order valence-corrected chi connectivity index (χ1v) is 5.05. The molecule has 0 aliphatic carbocycles. The van der Waals surface area contributed by atoms with Crippen LogP contribution >= 0.6 is 15.9 Å². The molecule has 2 heterocycles. The van der Waals surface area contributed by atoms with Gasteiger partial charge in [0.25, 0.3) is 0 Å². The predicted octanol–water partition coefficient (Wildman–Crippen LogP) is 1.80. The van der Waals surface area contributed by atoms with Crippen LogP contribution in [0.1, 0.15) is 18.8 Å². The minimum Gasteiger partial charge on any atom is -0.344 e. The molecule has 0 spiro atoms. The SMILES string of the molecule is CC(Nc1ncc(Br)cn1)c1ncon1. The second-order valence-corrected chi connectivity index (χ2v) is 3.80. The van der Waals surface area contributed by atoms with Gasteiger partial charge in [0.15, 0.2) is 5.82 Å². The minimum atomic E-state index is -0.0927. The summed E-state index contributed by atoms with van der Waals surface area (Å²) >= 11 is 3.26. The van der Waals surface area contributed by atoms with E-state index >= 15 is 0 Å². The number of nitrogens with zero attached hydrogens (tertiary/aromatic N) is 4. The van der Waals surface area contributed by atoms with Gasteiger partial charge in [0.2, 0.25) is 12.3 Å². The van der Waals surface area contributed by atoms with Gasteiger partial charge in [-0.1, -0.05) is 5.16 Å². The van der Waals surface area contributed by atoms with E-state index in [1.54, 1.807) is 12.4 Å². The maximum absolute atomic E-state index is 4.64. The van der Waals surface area contributed by atoms with Crippen LogP contribution in [-0.4, -0.2) is 20.1 Å². The van der Waals surface area contributed by atoms with Gasteiger partial charge in [0.05, 0.1) is 10.5 Å². The number of hydrogen-bond donors (Lipinski definition) is 1. The van der Waals surface area contributed by atoms with Crippen LogP contribution in [0, 0.1) is 0 Å². The van der Waals surface area contributed by atoms with E-state index in [1.165, 1.54) is 6.39 Å². The van der Waals surface area contributed by atoms with Gasteiger partial charge in [0, 0.05) is 12.4 Å². The lowest BCUT2D eigenvalue weighted by Crippen LogP contribution is -2.10. The highest BCUT2D eigenvalue weighted by molar-refractivity contribution is 9.10. The Hall–Kier alpha value is -1.50. The van der Waals surface area contributed by atoms with Gasteiger partial charge in [0.1, 0.15) is 0 Å². The van der Waals surface area contributed by atoms with Crippen molar-refractivity contribution in [3.63, 3.8) is 0 Å². The van der Waals surface area contributed by atoms with Crippen molar-refractivity contribution < 1.29 is 4.52 Å². The summed E-state index contributed by atoms with van der Waals surface area (Å²) in [4.78, 5) is 12.1. The van der Waals surface area contributed by atoms with Crippen molar-refractivity contribution in [3.8, 4) is 0 Å². The molecule has 2 rings (SSSR count). The van der Waals surface area contributed by atoms with Crippen LogP contribution in [0.3, 0.4) is 0 Å². The Labute approximate surface area is 94.3 Å². The number of aromatic nitrogens is 4. The van der Waals surface area contributed by atoms with Crippen molar-refractivity contribution in [2.75, 3.05) is 5.32 Å². The average molecular weight is 270 g/mol. The maximum Gasteiger partial charge on any atom is 0.223 e. The summed E-state index contributed by atoms with van der Waals surface area (Å²) in [6, 6.07) is -0.0927. The van der Waals surface area contributed by atoms with Gasteiger partial charge in [-0.2, -0.15) is 4.98 Å². The first kappa shape index (κ1) is 10.0. The Morgan fingerprint density at radius 3 is 2.67 bits per heavy atom. The summed E-state index contributed by atoms with van der Waals surface area (Å²) in [5.41, 5.74) is 0. The molecule has 7 heteroatoms. The first-order valence-electron chi connectivity index (χ1n) is 4.26. The smallest absolute Gasteiger partial charge is 0.223 e. The third kappa shape index (κ3) is 2.50. The van der Waals surface area contributed by atoms with Crippen molar-refractivity contribution in [1.82, 2.24) is 20.1 Å². The molecule has 15 heavy (non-hydrogen) atoms. The summed E-state index contributed by atoms with van der Waals surface area (Å²) in [5.74, 6) is 1.09. The van der Waals surface area contributed by atoms with Gasteiger partial charge in [-0.05, 0) is 22.9 Å². The third-order valence-corrected chi connectivity index (χ3v) is 2.14. The van der Waals surface area contributed by atoms with E-state index in [-0.39, 0.29) is 6.04 Å². The van der Waals surface area contributed by atoms with Crippen LogP contribution in [0.15, 0.2) is 27.8 Å². The summed E-state index contributed by atoms with van der Waals surface area (Å²) < 4.78 is 5.48. The lowest BCUT2D eigenvalue weighted by molar-refractivity contribution is 0.407. The van der Waals surface area contributed by atoms with E-state index in [2.05, 4.69) is 45.9 Å².